The second-order valence-electron chi connectivity index (χ2n) is 6.84. The van der Waals surface area contributed by atoms with Crippen LogP contribution < -0.4 is 15.1 Å². The average molecular weight is 377 g/mol. The molecule has 5 nitrogen and oxygen atoms in total. The third-order valence-corrected chi connectivity index (χ3v) is 5.03. The number of nitrogens with zero attached hydrogens (tertiary/aromatic N) is 4. The van der Waals surface area contributed by atoms with Crippen LogP contribution in [0.25, 0.3) is 0 Å². The summed E-state index contributed by atoms with van der Waals surface area (Å²) >= 11 is 0. The Labute approximate surface area is 164 Å². The summed E-state index contributed by atoms with van der Waals surface area (Å²) < 4.78 is 14.0. The highest BCUT2D eigenvalue weighted by atomic mass is 19.1. The molecule has 28 heavy (non-hydrogen) atoms. The molecule has 1 aromatic heterocycles. The van der Waals surface area contributed by atoms with Crippen LogP contribution >= 0.6 is 0 Å². The number of hydrogen-bond acceptors (Lipinski definition) is 5. The molecule has 1 N–H and O–H groups in total. The monoisotopic (exact) mass is 377 g/mol. The maximum atomic E-state index is 14.0. The van der Waals surface area contributed by atoms with Gasteiger partial charge in [-0.3, -0.25) is 0 Å². The van der Waals surface area contributed by atoms with Crippen molar-refractivity contribution in [1.82, 2.24) is 9.97 Å². The van der Waals surface area contributed by atoms with Crippen molar-refractivity contribution >= 4 is 23.1 Å². The van der Waals surface area contributed by atoms with Crippen molar-refractivity contribution in [1.29, 1.82) is 0 Å². The fourth-order valence-corrected chi connectivity index (χ4v) is 3.40. The molecule has 0 bridgehead atoms. The van der Waals surface area contributed by atoms with Crippen molar-refractivity contribution in [3.63, 3.8) is 0 Å². The standard InChI is InChI=1S/C22H24FN5/c1-2-17-7-9-18(10-8-17)25-21-11-12-24-22(26-21)28-15-13-27(14-16-28)20-6-4-3-5-19(20)23/h3-12H,2,13-16H2,1H3,(H,24,25,26). The molecule has 0 atom stereocenters. The zero-order valence-corrected chi connectivity index (χ0v) is 16.0. The highest BCUT2D eigenvalue weighted by Gasteiger charge is 2.21. The summed E-state index contributed by atoms with van der Waals surface area (Å²) in [5.41, 5.74) is 2.97. The van der Waals surface area contributed by atoms with Crippen molar-refractivity contribution in [2.24, 2.45) is 0 Å². The minimum Gasteiger partial charge on any atom is -0.366 e. The van der Waals surface area contributed by atoms with E-state index >= 15 is 0 Å². The Morgan fingerprint density at radius 2 is 1.64 bits per heavy atom. The van der Waals surface area contributed by atoms with Gasteiger partial charge in [0.25, 0.3) is 0 Å². The van der Waals surface area contributed by atoms with Gasteiger partial charge in [-0.25, -0.2) is 9.37 Å². The van der Waals surface area contributed by atoms with Crippen LogP contribution in [0.1, 0.15) is 12.5 Å². The Morgan fingerprint density at radius 1 is 0.929 bits per heavy atom. The minimum atomic E-state index is -0.174. The first-order valence-corrected chi connectivity index (χ1v) is 9.66. The molecule has 4 rings (SSSR count). The van der Waals surface area contributed by atoms with Crippen LogP contribution in [0.3, 0.4) is 0 Å². The second kappa shape index (κ2) is 8.25. The van der Waals surface area contributed by atoms with E-state index in [1.165, 1.54) is 11.6 Å². The zero-order chi connectivity index (χ0) is 19.3. The molecule has 1 aliphatic heterocycles. The summed E-state index contributed by atoms with van der Waals surface area (Å²) in [7, 11) is 0. The normalized spacial score (nSPS) is 14.2. The number of anilines is 4. The minimum absolute atomic E-state index is 0.174. The largest absolute Gasteiger partial charge is 0.366 e. The quantitative estimate of drug-likeness (QED) is 0.720. The van der Waals surface area contributed by atoms with Crippen LogP contribution in [-0.4, -0.2) is 36.1 Å². The first-order valence-electron chi connectivity index (χ1n) is 9.66. The lowest BCUT2D eigenvalue weighted by Crippen LogP contribution is -2.47. The molecule has 0 amide bonds. The van der Waals surface area contributed by atoms with E-state index < -0.39 is 0 Å². The van der Waals surface area contributed by atoms with E-state index in [9.17, 15) is 4.39 Å². The van der Waals surface area contributed by atoms with Crippen molar-refractivity contribution in [2.75, 3.05) is 41.3 Å². The molecule has 0 radical (unpaired) electrons. The van der Waals surface area contributed by atoms with Gasteiger partial charge in [0.05, 0.1) is 5.69 Å². The van der Waals surface area contributed by atoms with Gasteiger partial charge in [0, 0.05) is 38.1 Å². The molecule has 3 aromatic rings. The number of halogens is 1. The second-order valence-corrected chi connectivity index (χ2v) is 6.84. The van der Waals surface area contributed by atoms with Crippen molar-refractivity contribution in [2.45, 2.75) is 13.3 Å². The molecule has 6 heteroatoms. The number of hydrogen-bond donors (Lipinski definition) is 1. The molecule has 0 spiro atoms. The average Bonchev–Trinajstić information content (AvgIpc) is 2.75. The molecule has 0 aliphatic carbocycles. The lowest BCUT2D eigenvalue weighted by Gasteiger charge is -2.36. The van der Waals surface area contributed by atoms with E-state index in [1.807, 2.05) is 18.2 Å². The number of piperazine rings is 1. The molecular weight excluding hydrogens is 353 g/mol. The van der Waals surface area contributed by atoms with Gasteiger partial charge in [-0.1, -0.05) is 31.2 Å². The number of benzene rings is 2. The van der Waals surface area contributed by atoms with Gasteiger partial charge in [-0.05, 0) is 42.3 Å². The number of para-hydroxylation sites is 1. The molecule has 0 unspecified atom stereocenters. The summed E-state index contributed by atoms with van der Waals surface area (Å²) in [5, 5.41) is 3.34. The van der Waals surface area contributed by atoms with Crippen LogP contribution in [0.4, 0.5) is 27.5 Å². The number of aryl methyl sites for hydroxylation is 1. The van der Waals surface area contributed by atoms with Crippen LogP contribution in [-0.2, 0) is 6.42 Å². The van der Waals surface area contributed by atoms with Gasteiger partial charge in [0.2, 0.25) is 5.95 Å². The number of nitrogens with one attached hydrogen (secondary N) is 1. The lowest BCUT2D eigenvalue weighted by atomic mass is 10.1. The van der Waals surface area contributed by atoms with Crippen LogP contribution in [0, 0.1) is 5.82 Å². The summed E-state index contributed by atoms with van der Waals surface area (Å²) in [6, 6.07) is 17.2. The molecule has 1 fully saturated rings. The van der Waals surface area contributed by atoms with E-state index in [2.05, 4.69) is 56.3 Å². The first-order chi connectivity index (χ1) is 13.7. The fraction of sp³-hybridized carbons (Fsp3) is 0.273. The summed E-state index contributed by atoms with van der Waals surface area (Å²) in [6.07, 6.45) is 2.80. The smallest absolute Gasteiger partial charge is 0.227 e. The molecule has 2 aromatic carbocycles. The zero-order valence-electron chi connectivity index (χ0n) is 16.0. The van der Waals surface area contributed by atoms with E-state index in [4.69, 9.17) is 0 Å². The van der Waals surface area contributed by atoms with E-state index in [-0.39, 0.29) is 5.82 Å². The third kappa shape index (κ3) is 4.06. The van der Waals surface area contributed by atoms with Crippen LogP contribution in [0.5, 0.6) is 0 Å². The highest BCUT2D eigenvalue weighted by molar-refractivity contribution is 5.57. The summed E-state index contributed by atoms with van der Waals surface area (Å²) in [6.45, 7) is 5.12. The molecule has 2 heterocycles. The molecule has 0 saturated carbocycles. The SMILES string of the molecule is CCc1ccc(Nc2ccnc(N3CCN(c4ccccc4F)CC3)n2)cc1. The molecular formula is C22H24FN5. The molecule has 1 saturated heterocycles. The summed E-state index contributed by atoms with van der Waals surface area (Å²) in [5.74, 6) is 1.29. The van der Waals surface area contributed by atoms with Gasteiger partial charge in [-0.2, -0.15) is 4.98 Å². The Hall–Kier alpha value is -3.15. The topological polar surface area (TPSA) is 44.3 Å². The highest BCUT2D eigenvalue weighted by Crippen LogP contribution is 2.22. The fourth-order valence-electron chi connectivity index (χ4n) is 3.40. The Bertz CT molecular complexity index is 920. The molecule has 144 valence electrons. The van der Waals surface area contributed by atoms with Gasteiger partial charge >= 0.3 is 0 Å². The third-order valence-electron chi connectivity index (χ3n) is 5.03. The maximum Gasteiger partial charge on any atom is 0.227 e. The predicted molar refractivity (Wildman–Crippen MR) is 112 cm³/mol. The van der Waals surface area contributed by atoms with E-state index in [1.54, 1.807) is 12.3 Å². The van der Waals surface area contributed by atoms with Crippen molar-refractivity contribution in [3.05, 3.63) is 72.2 Å². The summed E-state index contributed by atoms with van der Waals surface area (Å²) in [4.78, 5) is 13.3. The van der Waals surface area contributed by atoms with Gasteiger partial charge in [-0.15, -0.1) is 0 Å². The van der Waals surface area contributed by atoms with Crippen LogP contribution in [0.15, 0.2) is 60.8 Å². The van der Waals surface area contributed by atoms with Gasteiger partial charge in [0.15, 0.2) is 0 Å². The first kappa shape index (κ1) is 18.2. The van der Waals surface area contributed by atoms with Crippen LogP contribution in [0.2, 0.25) is 0 Å². The van der Waals surface area contributed by atoms with E-state index in [0.29, 0.717) is 11.6 Å². The van der Waals surface area contributed by atoms with Gasteiger partial charge in [0.1, 0.15) is 11.6 Å². The Kier molecular flexibility index (Phi) is 5.37. The molecule has 1 aliphatic rings. The van der Waals surface area contributed by atoms with Crippen molar-refractivity contribution in [3.8, 4) is 0 Å². The Morgan fingerprint density at radius 3 is 2.36 bits per heavy atom. The number of aromatic nitrogens is 2. The number of rotatable bonds is 5. The Balaban J connectivity index is 1.41. The van der Waals surface area contributed by atoms with Gasteiger partial charge < -0.3 is 15.1 Å². The lowest BCUT2D eigenvalue weighted by molar-refractivity contribution is 0.594. The van der Waals surface area contributed by atoms with E-state index in [0.717, 1.165) is 44.1 Å². The predicted octanol–water partition coefficient (Wildman–Crippen LogP) is 4.25. The van der Waals surface area contributed by atoms with Crippen molar-refractivity contribution < 1.29 is 4.39 Å². The maximum absolute atomic E-state index is 14.0.